The molecule has 8 nitrogen and oxygen atoms in total. The van der Waals surface area contributed by atoms with Crippen molar-refractivity contribution in [1.29, 1.82) is 0 Å². The van der Waals surface area contributed by atoms with Crippen LogP contribution in [0.3, 0.4) is 0 Å². The number of carbonyl (C=O) groups is 4. The summed E-state index contributed by atoms with van der Waals surface area (Å²) >= 11 is 5.71. The molecule has 4 aliphatic rings. The molecule has 1 fully saturated rings. The highest BCUT2D eigenvalue weighted by Gasteiger charge is 2.47. The Morgan fingerprint density at radius 2 is 1.27 bits per heavy atom. The molecule has 320 valence electrons. The highest BCUT2D eigenvalue weighted by Crippen LogP contribution is 2.48. The van der Waals surface area contributed by atoms with Crippen molar-refractivity contribution in [2.45, 2.75) is 71.6 Å². The van der Waals surface area contributed by atoms with Crippen LogP contribution in [0.1, 0.15) is 104 Å². The zero-order chi connectivity index (χ0) is 45.0. The van der Waals surface area contributed by atoms with Gasteiger partial charge in [-0.05, 0) is 118 Å². The molecule has 0 unspecified atom stereocenters. The van der Waals surface area contributed by atoms with Crippen LogP contribution >= 0.6 is 12.2 Å². The van der Waals surface area contributed by atoms with Crippen LogP contribution in [0.2, 0.25) is 0 Å². The maximum atomic E-state index is 14.6. The average Bonchev–Trinajstić information content (AvgIpc) is 3.60. The van der Waals surface area contributed by atoms with E-state index < -0.39 is 16.7 Å². The Bertz CT molecular complexity index is 2730. The van der Waals surface area contributed by atoms with Crippen molar-refractivity contribution in [2.75, 3.05) is 32.1 Å². The number of hydrogen-bond donors (Lipinski definition) is 0. The van der Waals surface area contributed by atoms with E-state index in [9.17, 15) is 19.2 Å². The molecule has 4 aromatic carbocycles. The lowest BCUT2D eigenvalue weighted by Crippen LogP contribution is -2.60. The van der Waals surface area contributed by atoms with E-state index in [4.69, 9.17) is 12.2 Å². The Labute approximate surface area is 376 Å². The lowest BCUT2D eigenvalue weighted by atomic mass is 9.76. The second-order valence-electron chi connectivity index (χ2n) is 17.9. The SMILES string of the molecule is CCN1C(=O)C(C2=C(C=CC3=[N+](C)c4ccc(C(=O)c5ccccc5)cc4C3(C)C)CCC/C2=C\C=C2\N(C)c3ccc(C(=O)c4ccccc4)cc3C2(C)C)C(=O)N(CC)C1=S. The van der Waals surface area contributed by atoms with Crippen molar-refractivity contribution in [3.8, 4) is 0 Å². The normalized spacial score (nSPS) is 19.9. The third kappa shape index (κ3) is 7.36. The zero-order valence-corrected chi connectivity index (χ0v) is 38.3. The van der Waals surface area contributed by atoms with Crippen LogP contribution in [0.4, 0.5) is 11.4 Å². The highest BCUT2D eigenvalue weighted by molar-refractivity contribution is 7.80. The minimum Gasteiger partial charge on any atom is -0.347 e. The van der Waals surface area contributed by atoms with Gasteiger partial charge in [0.1, 0.15) is 13.0 Å². The number of ketones is 2. The van der Waals surface area contributed by atoms with Gasteiger partial charge < -0.3 is 4.90 Å². The van der Waals surface area contributed by atoms with E-state index in [1.165, 1.54) is 0 Å². The molecule has 0 bridgehead atoms. The Morgan fingerprint density at radius 1 is 0.714 bits per heavy atom. The second kappa shape index (κ2) is 16.8. The average molecular weight is 856 g/mol. The lowest BCUT2D eigenvalue weighted by molar-refractivity contribution is -0.401. The first-order chi connectivity index (χ1) is 30.1. The monoisotopic (exact) mass is 855 g/mol. The summed E-state index contributed by atoms with van der Waals surface area (Å²) in [6.07, 6.45) is 10.7. The maximum absolute atomic E-state index is 14.6. The number of benzene rings is 4. The molecule has 1 aliphatic carbocycles. The van der Waals surface area contributed by atoms with Crippen molar-refractivity contribution in [1.82, 2.24) is 9.80 Å². The van der Waals surface area contributed by atoms with Gasteiger partial charge in [-0.2, -0.15) is 4.58 Å². The number of amides is 2. The van der Waals surface area contributed by atoms with Gasteiger partial charge in [0.2, 0.25) is 17.5 Å². The summed E-state index contributed by atoms with van der Waals surface area (Å²) in [5.74, 6) is -1.69. The quantitative estimate of drug-likeness (QED) is 0.0684. The fourth-order valence-electron chi connectivity index (χ4n) is 10.1. The topological polar surface area (TPSA) is 81.0 Å². The zero-order valence-electron chi connectivity index (χ0n) is 37.5. The molecule has 3 aliphatic heterocycles. The fraction of sp³-hybridized carbons (Fsp3) is 0.296. The number of allylic oxidation sites excluding steroid dienone is 7. The van der Waals surface area contributed by atoms with Crippen molar-refractivity contribution >= 4 is 57.8 Å². The number of anilines is 1. The molecule has 4 aromatic rings. The number of hydrogen-bond acceptors (Lipinski definition) is 6. The summed E-state index contributed by atoms with van der Waals surface area (Å²) in [7, 11) is 4.09. The number of likely N-dealkylation sites (N-methyl/N-ethyl adjacent to an activating group) is 1. The van der Waals surface area contributed by atoms with Crippen molar-refractivity contribution in [2.24, 2.45) is 5.92 Å². The van der Waals surface area contributed by atoms with E-state index in [2.05, 4.69) is 61.5 Å². The molecule has 63 heavy (non-hydrogen) atoms. The number of rotatable bonds is 10. The largest absolute Gasteiger partial charge is 0.347 e. The van der Waals surface area contributed by atoms with E-state index in [0.717, 1.165) is 57.1 Å². The Balaban J connectivity index is 1.21. The van der Waals surface area contributed by atoms with Crippen LogP contribution < -0.4 is 4.90 Å². The molecular weight excluding hydrogens is 801 g/mol. The van der Waals surface area contributed by atoms with E-state index in [1.54, 1.807) is 9.80 Å². The minimum atomic E-state index is -1.05. The van der Waals surface area contributed by atoms with Gasteiger partial charge in [-0.15, -0.1) is 0 Å². The highest BCUT2D eigenvalue weighted by atomic mass is 32.1. The lowest BCUT2D eigenvalue weighted by Gasteiger charge is -2.40. The number of fused-ring (bicyclic) bond motifs is 2. The Kier molecular flexibility index (Phi) is 11.5. The van der Waals surface area contributed by atoms with Gasteiger partial charge >= 0.3 is 0 Å². The molecule has 2 amide bonds. The maximum Gasteiger partial charge on any atom is 0.245 e. The number of carbonyl (C=O) groups excluding carboxylic acids is 4. The van der Waals surface area contributed by atoms with Crippen molar-refractivity contribution in [3.63, 3.8) is 0 Å². The molecular formula is C54H55N4O4S+. The third-order valence-corrected chi connectivity index (χ3v) is 14.0. The molecule has 1 saturated heterocycles. The first-order valence-electron chi connectivity index (χ1n) is 21.9. The van der Waals surface area contributed by atoms with Gasteiger partial charge in [0.05, 0.1) is 5.41 Å². The molecule has 0 saturated carbocycles. The predicted molar refractivity (Wildman–Crippen MR) is 255 cm³/mol. The van der Waals surface area contributed by atoms with Crippen LogP contribution in [0.5, 0.6) is 0 Å². The van der Waals surface area contributed by atoms with Crippen LogP contribution in [0.25, 0.3) is 0 Å². The molecule has 9 heteroatoms. The summed E-state index contributed by atoms with van der Waals surface area (Å²) in [6.45, 7) is 13.2. The third-order valence-electron chi connectivity index (χ3n) is 13.5. The first kappa shape index (κ1) is 43.3. The van der Waals surface area contributed by atoms with Gasteiger partial charge in [-0.25, -0.2) is 0 Å². The molecule has 0 spiro atoms. The van der Waals surface area contributed by atoms with Crippen molar-refractivity contribution in [3.05, 3.63) is 177 Å². The van der Waals surface area contributed by atoms with E-state index in [0.29, 0.717) is 48.2 Å². The second-order valence-corrected chi connectivity index (χ2v) is 18.2. The Morgan fingerprint density at radius 3 is 1.84 bits per heavy atom. The smallest absolute Gasteiger partial charge is 0.245 e. The summed E-state index contributed by atoms with van der Waals surface area (Å²) in [5, 5.41) is 0.248. The van der Waals surface area contributed by atoms with Crippen molar-refractivity contribution < 1.29 is 23.8 Å². The first-order valence-corrected chi connectivity index (χ1v) is 22.4. The van der Waals surface area contributed by atoms with Gasteiger partial charge in [0.15, 0.2) is 22.4 Å². The fourth-order valence-corrected chi connectivity index (χ4v) is 10.5. The summed E-state index contributed by atoms with van der Waals surface area (Å²) in [6, 6.07) is 30.6. The summed E-state index contributed by atoms with van der Waals surface area (Å²) < 4.78 is 2.17. The van der Waals surface area contributed by atoms with Crippen LogP contribution in [-0.2, 0) is 20.4 Å². The van der Waals surface area contributed by atoms with Crippen LogP contribution in [0, 0.1) is 5.92 Å². The van der Waals surface area contributed by atoms with E-state index >= 15 is 0 Å². The minimum absolute atomic E-state index is 0.0188. The molecule has 0 N–H and O–H groups in total. The molecule has 0 radical (unpaired) electrons. The van der Waals surface area contributed by atoms with Crippen LogP contribution in [0.15, 0.2) is 144 Å². The molecule has 0 atom stereocenters. The molecule has 8 rings (SSSR count). The van der Waals surface area contributed by atoms with Gasteiger partial charge in [-0.1, -0.05) is 86.7 Å². The number of thiocarbonyl (C=S) groups is 1. The summed E-state index contributed by atoms with van der Waals surface area (Å²) in [5.41, 5.74) is 10.5. The summed E-state index contributed by atoms with van der Waals surface area (Å²) in [4.78, 5) is 61.5. The predicted octanol–water partition coefficient (Wildman–Crippen LogP) is 10.0. The van der Waals surface area contributed by atoms with E-state index in [-0.39, 0.29) is 28.5 Å². The van der Waals surface area contributed by atoms with Gasteiger partial charge in [0.25, 0.3) is 0 Å². The number of nitrogens with zero attached hydrogens (tertiary/aromatic N) is 4. The van der Waals surface area contributed by atoms with Gasteiger partial charge in [0, 0.05) is 76.9 Å². The van der Waals surface area contributed by atoms with E-state index in [1.807, 2.05) is 125 Å². The standard InChI is InChI=1S/C54H55N4O4S/c1-9-57-50(61)47(51(62)58(10-2)52(57)63)46-34(26-30-44-53(3,4)40-32-38(24-28-42(40)55(44)7)48(59)36-18-13-11-14-19-36)22-17-23-35(46)27-31-45-54(5,6)41-33-39(25-29-43(41)56(45)8)49(60)37-20-15-12-16-21-37/h11-16,18-21,24-33,47H,9-10,17,22-23H2,1-8H3/q+1. The Hall–Kier alpha value is -6.32. The molecule has 3 heterocycles. The molecule has 0 aromatic heterocycles. The van der Waals surface area contributed by atoms with Crippen LogP contribution in [-0.4, -0.2) is 75.8 Å². The van der Waals surface area contributed by atoms with Gasteiger partial charge in [-0.3, -0.25) is 29.0 Å².